The first-order valence-electron chi connectivity index (χ1n) is 9.02. The van der Waals surface area contributed by atoms with Crippen molar-refractivity contribution in [3.8, 4) is 11.8 Å². The van der Waals surface area contributed by atoms with E-state index >= 15 is 0 Å². The summed E-state index contributed by atoms with van der Waals surface area (Å²) in [5.41, 5.74) is 5.06. The van der Waals surface area contributed by atoms with E-state index in [1.807, 2.05) is 0 Å². The molecule has 0 bridgehead atoms. The zero-order valence-electron chi connectivity index (χ0n) is 14.8. The number of benzene rings is 2. The lowest BCUT2D eigenvalue weighted by Crippen LogP contribution is -2.11. The molecular weight excluding hydrogens is 288 g/mol. The van der Waals surface area contributed by atoms with Gasteiger partial charge in [-0.05, 0) is 63.1 Å². The maximum absolute atomic E-state index is 3.48. The predicted molar refractivity (Wildman–Crippen MR) is 104 cm³/mol. The summed E-state index contributed by atoms with van der Waals surface area (Å²) in [6.45, 7) is 4.25. The molecule has 1 saturated carbocycles. The van der Waals surface area contributed by atoms with Gasteiger partial charge in [0.25, 0.3) is 0 Å². The third kappa shape index (κ3) is 4.87. The molecule has 0 heterocycles. The van der Waals surface area contributed by atoms with Gasteiger partial charge in [-0.25, -0.2) is 0 Å². The minimum absolute atomic E-state index is 0.565. The summed E-state index contributed by atoms with van der Waals surface area (Å²) in [7, 11) is 0. The van der Waals surface area contributed by atoms with Crippen molar-refractivity contribution in [2.75, 3.05) is 0 Å². The molecule has 122 valence electrons. The number of allylic oxidation sites excluding steroid dienone is 1. The fourth-order valence-electron chi connectivity index (χ4n) is 3.20. The monoisotopic (exact) mass is 314 g/mol. The Bertz CT molecular complexity index is 727. The van der Waals surface area contributed by atoms with Gasteiger partial charge >= 0.3 is 0 Å². The molecule has 1 fully saturated rings. The first-order chi connectivity index (χ1) is 11.7. The van der Waals surface area contributed by atoms with Gasteiger partial charge in [0, 0.05) is 11.5 Å². The quantitative estimate of drug-likeness (QED) is 0.581. The molecular formula is C24H26. The fourth-order valence-corrected chi connectivity index (χ4v) is 3.20. The van der Waals surface area contributed by atoms with Gasteiger partial charge in [0.1, 0.15) is 0 Å². The van der Waals surface area contributed by atoms with Crippen LogP contribution in [0.4, 0.5) is 0 Å². The van der Waals surface area contributed by atoms with Crippen LogP contribution in [0.5, 0.6) is 0 Å². The van der Waals surface area contributed by atoms with Gasteiger partial charge in [-0.1, -0.05) is 71.5 Å². The Kier molecular flexibility index (Phi) is 5.55. The Morgan fingerprint density at radius 2 is 1.38 bits per heavy atom. The van der Waals surface area contributed by atoms with Crippen LogP contribution in [-0.4, -0.2) is 0 Å². The highest BCUT2D eigenvalue weighted by molar-refractivity contribution is 5.49. The van der Waals surface area contributed by atoms with E-state index in [9.17, 15) is 0 Å². The van der Waals surface area contributed by atoms with E-state index < -0.39 is 0 Å². The van der Waals surface area contributed by atoms with Crippen LogP contribution in [0.25, 0.3) is 6.08 Å². The lowest BCUT2D eigenvalue weighted by atomic mass is 9.82. The van der Waals surface area contributed by atoms with E-state index in [2.05, 4.69) is 86.4 Å². The maximum Gasteiger partial charge on any atom is 0.0245 e. The lowest BCUT2D eigenvalue weighted by molar-refractivity contribution is 0.365. The number of hydrogen-bond acceptors (Lipinski definition) is 0. The predicted octanol–water partition coefficient (Wildman–Crippen LogP) is 6.17. The molecule has 0 spiro atoms. The van der Waals surface area contributed by atoms with Crippen molar-refractivity contribution in [3.63, 3.8) is 0 Å². The second-order valence-electron chi connectivity index (χ2n) is 7.02. The summed E-state index contributed by atoms with van der Waals surface area (Å²) >= 11 is 0. The van der Waals surface area contributed by atoms with Crippen molar-refractivity contribution in [2.24, 2.45) is 11.8 Å². The Morgan fingerprint density at radius 3 is 2.00 bits per heavy atom. The van der Waals surface area contributed by atoms with E-state index in [1.54, 1.807) is 0 Å². The molecule has 0 aromatic heterocycles. The molecule has 1 aliphatic carbocycles. The summed E-state index contributed by atoms with van der Waals surface area (Å²) in [5.74, 6) is 8.11. The van der Waals surface area contributed by atoms with E-state index in [-0.39, 0.29) is 0 Å². The Hall–Kier alpha value is -2.26. The van der Waals surface area contributed by atoms with Gasteiger partial charge < -0.3 is 0 Å². The standard InChI is InChI=1S/C24H26/c1-19-3-7-21(8-4-19)11-13-23-15-17-24(18-16-23)14-12-22-9-5-20(2)6-10-22/h3-11,13,23-24H,15-18H2,1-2H3. The summed E-state index contributed by atoms with van der Waals surface area (Å²) in [5, 5.41) is 0. The molecule has 2 aromatic rings. The molecule has 3 rings (SSSR count). The van der Waals surface area contributed by atoms with Gasteiger partial charge in [-0.15, -0.1) is 0 Å². The van der Waals surface area contributed by atoms with Crippen LogP contribution in [-0.2, 0) is 0 Å². The normalized spacial score (nSPS) is 20.6. The van der Waals surface area contributed by atoms with Crippen molar-refractivity contribution in [2.45, 2.75) is 39.5 Å². The average molecular weight is 314 g/mol. The Balaban J connectivity index is 1.50. The summed E-state index contributed by atoms with van der Waals surface area (Å²) in [4.78, 5) is 0. The SMILES string of the molecule is Cc1ccc(C#CC2CCC(C=Cc3ccc(C)cc3)CC2)cc1. The second kappa shape index (κ2) is 8.02. The van der Waals surface area contributed by atoms with Crippen molar-refractivity contribution >= 4 is 6.08 Å². The van der Waals surface area contributed by atoms with Crippen LogP contribution in [0.1, 0.15) is 47.9 Å². The molecule has 0 radical (unpaired) electrons. The Labute approximate surface area is 146 Å². The summed E-state index contributed by atoms with van der Waals surface area (Å²) in [6.07, 6.45) is 9.64. The number of rotatable bonds is 2. The first-order valence-corrected chi connectivity index (χ1v) is 9.02. The van der Waals surface area contributed by atoms with E-state index in [1.165, 1.54) is 42.4 Å². The molecule has 0 nitrogen and oxygen atoms in total. The smallest absolute Gasteiger partial charge is 0.0245 e. The molecule has 0 unspecified atom stereocenters. The van der Waals surface area contributed by atoms with Gasteiger partial charge in [0.2, 0.25) is 0 Å². The third-order valence-electron chi connectivity index (χ3n) is 4.88. The largest absolute Gasteiger partial charge is 0.0945 e. The zero-order chi connectivity index (χ0) is 16.8. The highest BCUT2D eigenvalue weighted by Gasteiger charge is 2.17. The number of aryl methyl sites for hydroxylation is 2. The van der Waals surface area contributed by atoms with Crippen molar-refractivity contribution in [3.05, 3.63) is 76.9 Å². The Morgan fingerprint density at radius 1 is 0.792 bits per heavy atom. The topological polar surface area (TPSA) is 0 Å². The highest BCUT2D eigenvalue weighted by atomic mass is 14.2. The van der Waals surface area contributed by atoms with E-state index in [0.717, 1.165) is 5.56 Å². The van der Waals surface area contributed by atoms with Crippen LogP contribution in [0.3, 0.4) is 0 Å². The molecule has 1 aliphatic rings. The third-order valence-corrected chi connectivity index (χ3v) is 4.88. The van der Waals surface area contributed by atoms with Gasteiger partial charge in [-0.2, -0.15) is 0 Å². The fraction of sp³-hybridized carbons (Fsp3) is 0.333. The first kappa shape index (κ1) is 16.6. The minimum atomic E-state index is 0.565. The summed E-state index contributed by atoms with van der Waals surface area (Å²) < 4.78 is 0. The molecule has 0 heteroatoms. The van der Waals surface area contributed by atoms with Gasteiger partial charge in [0.15, 0.2) is 0 Å². The maximum atomic E-state index is 3.48. The number of hydrogen-bond donors (Lipinski definition) is 0. The zero-order valence-corrected chi connectivity index (χ0v) is 14.8. The van der Waals surface area contributed by atoms with Crippen LogP contribution in [0.15, 0.2) is 54.6 Å². The molecule has 0 atom stereocenters. The van der Waals surface area contributed by atoms with Crippen LogP contribution >= 0.6 is 0 Å². The van der Waals surface area contributed by atoms with Crippen molar-refractivity contribution < 1.29 is 0 Å². The van der Waals surface area contributed by atoms with Crippen molar-refractivity contribution in [1.29, 1.82) is 0 Å². The van der Waals surface area contributed by atoms with E-state index in [4.69, 9.17) is 0 Å². The van der Waals surface area contributed by atoms with Gasteiger partial charge in [-0.3, -0.25) is 0 Å². The molecule has 0 saturated heterocycles. The van der Waals surface area contributed by atoms with Gasteiger partial charge in [0.05, 0.1) is 0 Å². The molecule has 0 aliphatic heterocycles. The second-order valence-corrected chi connectivity index (χ2v) is 7.02. The van der Waals surface area contributed by atoms with E-state index in [0.29, 0.717) is 11.8 Å². The molecule has 0 amide bonds. The van der Waals surface area contributed by atoms with Crippen LogP contribution < -0.4 is 0 Å². The van der Waals surface area contributed by atoms with Crippen LogP contribution in [0, 0.1) is 37.5 Å². The molecule has 2 aromatic carbocycles. The average Bonchev–Trinajstić information content (AvgIpc) is 2.62. The molecule has 0 N–H and O–H groups in total. The highest BCUT2D eigenvalue weighted by Crippen LogP contribution is 2.29. The van der Waals surface area contributed by atoms with Crippen LogP contribution in [0.2, 0.25) is 0 Å². The van der Waals surface area contributed by atoms with Crippen molar-refractivity contribution in [1.82, 2.24) is 0 Å². The summed E-state index contributed by atoms with van der Waals surface area (Å²) in [6, 6.07) is 17.3. The lowest BCUT2D eigenvalue weighted by Gasteiger charge is -2.23. The molecule has 24 heavy (non-hydrogen) atoms. The minimum Gasteiger partial charge on any atom is -0.0945 e.